The first kappa shape index (κ1) is 23.3. The summed E-state index contributed by atoms with van der Waals surface area (Å²) in [5.41, 5.74) is 0.255. The molecule has 3 amide bonds. The van der Waals surface area contributed by atoms with Gasteiger partial charge in [0.1, 0.15) is 5.75 Å². The predicted molar refractivity (Wildman–Crippen MR) is 118 cm³/mol. The number of anilines is 1. The van der Waals surface area contributed by atoms with E-state index in [1.54, 1.807) is 36.4 Å². The highest BCUT2D eigenvalue weighted by Crippen LogP contribution is 2.32. The molecular weight excluding hydrogens is 430 g/mol. The number of carbonyl (C=O) groups excluding carboxylic acids is 3. The van der Waals surface area contributed by atoms with Crippen LogP contribution in [0.2, 0.25) is 0 Å². The molecule has 33 heavy (non-hydrogen) atoms. The standard InChI is InChI=1S/C23H23N3O7/c1-25-14-12-17(27)21(22(25)30)26(23(31)24-13-11-20(28)29)15-7-9-16(10-8-15)33-19-6-4-3-5-18(19)32-2/h3-10,12,14,21H,11,13H2,1-2H3,(H,24,31)(H,28,29)/t21-/m0/s1. The number of benzene rings is 2. The van der Waals surface area contributed by atoms with Crippen molar-refractivity contribution in [2.24, 2.45) is 0 Å². The zero-order valence-corrected chi connectivity index (χ0v) is 18.1. The van der Waals surface area contributed by atoms with Crippen LogP contribution < -0.4 is 19.7 Å². The minimum Gasteiger partial charge on any atom is -0.493 e. The molecule has 0 bridgehead atoms. The Morgan fingerprint density at radius 2 is 1.76 bits per heavy atom. The molecule has 2 N–H and O–H groups in total. The van der Waals surface area contributed by atoms with Crippen LogP contribution in [-0.2, 0) is 14.4 Å². The van der Waals surface area contributed by atoms with Gasteiger partial charge in [0.25, 0.3) is 5.91 Å². The van der Waals surface area contributed by atoms with Crippen molar-refractivity contribution in [3.8, 4) is 17.2 Å². The van der Waals surface area contributed by atoms with E-state index in [4.69, 9.17) is 14.6 Å². The van der Waals surface area contributed by atoms with Crippen LogP contribution in [0.4, 0.5) is 10.5 Å². The van der Waals surface area contributed by atoms with Crippen molar-refractivity contribution in [1.29, 1.82) is 0 Å². The molecule has 0 saturated heterocycles. The molecule has 0 radical (unpaired) electrons. The minimum absolute atomic E-state index is 0.166. The zero-order chi connectivity index (χ0) is 24.0. The highest BCUT2D eigenvalue weighted by molar-refractivity contribution is 6.19. The summed E-state index contributed by atoms with van der Waals surface area (Å²) in [6, 6.07) is 11.1. The molecule has 2 aromatic carbocycles. The Labute approximate surface area is 190 Å². The Bertz CT molecular complexity index is 1080. The number of carboxylic acids is 1. The third-order valence-electron chi connectivity index (χ3n) is 4.82. The smallest absolute Gasteiger partial charge is 0.323 e. The summed E-state index contributed by atoms with van der Waals surface area (Å²) < 4.78 is 11.1. The van der Waals surface area contributed by atoms with Gasteiger partial charge in [-0.3, -0.25) is 19.3 Å². The lowest BCUT2D eigenvalue weighted by Gasteiger charge is -2.33. The quantitative estimate of drug-likeness (QED) is 0.588. The average molecular weight is 453 g/mol. The number of nitrogens with zero attached hydrogens (tertiary/aromatic N) is 2. The van der Waals surface area contributed by atoms with Crippen LogP contribution >= 0.6 is 0 Å². The van der Waals surface area contributed by atoms with Crippen molar-refractivity contribution in [1.82, 2.24) is 10.2 Å². The Hall–Kier alpha value is -4.34. The molecule has 0 spiro atoms. The second-order valence-electron chi connectivity index (χ2n) is 7.06. The summed E-state index contributed by atoms with van der Waals surface area (Å²) in [6.07, 6.45) is 2.23. The van der Waals surface area contributed by atoms with Gasteiger partial charge in [-0.2, -0.15) is 0 Å². The number of carboxylic acid groups (broad SMARTS) is 1. The van der Waals surface area contributed by atoms with E-state index in [2.05, 4.69) is 5.32 Å². The number of amides is 3. The summed E-state index contributed by atoms with van der Waals surface area (Å²) in [6.45, 7) is -0.166. The fraction of sp³-hybridized carbons (Fsp3) is 0.217. The molecule has 10 heteroatoms. The molecular formula is C23H23N3O7. The topological polar surface area (TPSA) is 125 Å². The van der Waals surface area contributed by atoms with Crippen molar-refractivity contribution >= 4 is 29.4 Å². The van der Waals surface area contributed by atoms with Crippen LogP contribution in [-0.4, -0.2) is 60.4 Å². The summed E-state index contributed by atoms with van der Waals surface area (Å²) in [5, 5.41) is 11.3. The van der Waals surface area contributed by atoms with Gasteiger partial charge in [-0.1, -0.05) is 12.1 Å². The maximum absolute atomic E-state index is 12.9. The van der Waals surface area contributed by atoms with Crippen LogP contribution in [0.3, 0.4) is 0 Å². The summed E-state index contributed by atoms with van der Waals surface area (Å²) in [7, 11) is 3.00. The lowest BCUT2D eigenvalue weighted by molar-refractivity contribution is -0.137. The second-order valence-corrected chi connectivity index (χ2v) is 7.06. The molecule has 0 unspecified atom stereocenters. The Balaban J connectivity index is 1.89. The first-order chi connectivity index (χ1) is 15.8. The number of urea groups is 1. The van der Waals surface area contributed by atoms with Gasteiger partial charge in [0.15, 0.2) is 23.3 Å². The second kappa shape index (κ2) is 10.3. The average Bonchev–Trinajstić information content (AvgIpc) is 2.80. The third-order valence-corrected chi connectivity index (χ3v) is 4.82. The van der Waals surface area contributed by atoms with Crippen molar-refractivity contribution < 1.29 is 33.8 Å². The summed E-state index contributed by atoms with van der Waals surface area (Å²) in [4.78, 5) is 51.2. The van der Waals surface area contributed by atoms with Crippen molar-refractivity contribution in [3.05, 3.63) is 60.8 Å². The minimum atomic E-state index is -1.43. The fourth-order valence-electron chi connectivity index (χ4n) is 3.15. The normalized spacial score (nSPS) is 15.2. The van der Waals surface area contributed by atoms with Crippen LogP contribution in [0, 0.1) is 0 Å². The molecule has 0 aromatic heterocycles. The lowest BCUT2D eigenvalue weighted by atomic mass is 10.1. The Morgan fingerprint density at radius 3 is 2.39 bits per heavy atom. The van der Waals surface area contributed by atoms with Gasteiger partial charge in [-0.15, -0.1) is 0 Å². The first-order valence-corrected chi connectivity index (χ1v) is 10.0. The van der Waals surface area contributed by atoms with E-state index in [9.17, 15) is 19.2 Å². The van der Waals surface area contributed by atoms with Gasteiger partial charge in [-0.25, -0.2) is 4.79 Å². The Kier molecular flexibility index (Phi) is 7.29. The van der Waals surface area contributed by atoms with Crippen molar-refractivity contribution in [3.63, 3.8) is 0 Å². The number of aliphatic carboxylic acids is 1. The number of likely N-dealkylation sites (N-methyl/N-ethyl adjacent to an activating group) is 1. The summed E-state index contributed by atoms with van der Waals surface area (Å²) >= 11 is 0. The molecule has 1 atom stereocenters. The van der Waals surface area contributed by atoms with Crippen LogP contribution in [0.25, 0.3) is 0 Å². The molecule has 1 aliphatic heterocycles. The molecule has 0 saturated carbocycles. The number of hydrogen-bond acceptors (Lipinski definition) is 6. The summed E-state index contributed by atoms with van der Waals surface area (Å²) in [5.74, 6) is -0.791. The largest absolute Gasteiger partial charge is 0.493 e. The maximum Gasteiger partial charge on any atom is 0.323 e. The number of hydrogen-bond donors (Lipinski definition) is 2. The van der Waals surface area contributed by atoms with Gasteiger partial charge in [-0.05, 0) is 36.4 Å². The van der Waals surface area contributed by atoms with E-state index in [0.717, 1.165) is 4.90 Å². The molecule has 0 aliphatic carbocycles. The van der Waals surface area contributed by atoms with Crippen LogP contribution in [0.15, 0.2) is 60.8 Å². The fourth-order valence-corrected chi connectivity index (χ4v) is 3.15. The number of ether oxygens (including phenoxy) is 2. The first-order valence-electron chi connectivity index (χ1n) is 10.0. The number of rotatable bonds is 8. The number of carbonyl (C=O) groups is 4. The van der Waals surface area contributed by atoms with E-state index in [0.29, 0.717) is 17.2 Å². The molecule has 10 nitrogen and oxygen atoms in total. The van der Waals surface area contributed by atoms with E-state index >= 15 is 0 Å². The van der Waals surface area contributed by atoms with E-state index < -0.39 is 29.7 Å². The van der Waals surface area contributed by atoms with Crippen molar-refractivity contribution in [2.75, 3.05) is 25.6 Å². The van der Waals surface area contributed by atoms with Gasteiger partial charge >= 0.3 is 12.0 Å². The van der Waals surface area contributed by atoms with Crippen molar-refractivity contribution in [2.45, 2.75) is 12.5 Å². The third kappa shape index (κ3) is 5.48. The highest BCUT2D eigenvalue weighted by atomic mass is 16.5. The number of nitrogens with one attached hydrogen (secondary N) is 1. The Morgan fingerprint density at radius 1 is 1.09 bits per heavy atom. The van der Waals surface area contributed by atoms with E-state index in [-0.39, 0.29) is 18.7 Å². The van der Waals surface area contributed by atoms with E-state index in [1.165, 1.54) is 43.5 Å². The molecule has 0 fully saturated rings. The molecule has 1 aliphatic rings. The maximum atomic E-state index is 12.9. The molecule has 172 valence electrons. The van der Waals surface area contributed by atoms with Gasteiger partial charge in [0.2, 0.25) is 0 Å². The highest BCUT2D eigenvalue weighted by Gasteiger charge is 2.39. The number of ketones is 1. The zero-order valence-electron chi connectivity index (χ0n) is 18.1. The van der Waals surface area contributed by atoms with Gasteiger partial charge in [0.05, 0.1) is 13.5 Å². The monoisotopic (exact) mass is 453 g/mol. The van der Waals surface area contributed by atoms with Crippen LogP contribution in [0.1, 0.15) is 6.42 Å². The molecule has 2 aromatic rings. The number of methoxy groups -OCH3 is 1. The molecule has 1 heterocycles. The van der Waals surface area contributed by atoms with E-state index in [1.807, 2.05) is 0 Å². The predicted octanol–water partition coefficient (Wildman–Crippen LogP) is 2.40. The lowest BCUT2D eigenvalue weighted by Crippen LogP contribution is -2.57. The van der Waals surface area contributed by atoms with Gasteiger partial charge in [0, 0.05) is 31.6 Å². The SMILES string of the molecule is COc1ccccc1Oc1ccc(N(C(=O)NCCC(=O)O)[C@H]2C(=O)C=CN(C)C2=O)cc1. The molecule has 3 rings (SSSR count). The number of para-hydroxylation sites is 2. The van der Waals surface area contributed by atoms with Crippen LogP contribution in [0.5, 0.6) is 17.2 Å². The van der Waals surface area contributed by atoms with Gasteiger partial charge < -0.3 is 24.8 Å².